The Morgan fingerprint density at radius 3 is 2.82 bits per heavy atom. The lowest BCUT2D eigenvalue weighted by Gasteiger charge is -2.41. The van der Waals surface area contributed by atoms with Gasteiger partial charge in [0, 0.05) is 13.1 Å². The van der Waals surface area contributed by atoms with Crippen LogP contribution in [0, 0.1) is 22.7 Å². The molecule has 2 N–H and O–H groups in total. The number of fused-ring (bicyclic) bond motifs is 2. The average Bonchev–Trinajstić information content (AvgIpc) is 3.44. The molecule has 13 nitrogen and oxygen atoms in total. The minimum Gasteiger partial charge on any atom is -0.442 e. The van der Waals surface area contributed by atoms with E-state index in [2.05, 4.69) is 37.8 Å². The van der Waals surface area contributed by atoms with E-state index in [-0.39, 0.29) is 35.9 Å². The third-order valence-electron chi connectivity index (χ3n) is 6.95. The Kier molecular flexibility index (Phi) is 6.02. The summed E-state index contributed by atoms with van der Waals surface area (Å²) in [4.78, 5) is 25.1. The van der Waals surface area contributed by atoms with E-state index < -0.39 is 0 Å². The molecule has 1 unspecified atom stereocenters. The minimum atomic E-state index is -0.311. The molecule has 14 heteroatoms. The first-order valence-electron chi connectivity index (χ1n) is 12.2. The number of nitrogens with one attached hydrogen (secondary N) is 2. The molecule has 3 aliphatic heterocycles. The number of anilines is 4. The summed E-state index contributed by atoms with van der Waals surface area (Å²) in [5.74, 6) is 0.624. The second-order valence-corrected chi connectivity index (χ2v) is 9.60. The quantitative estimate of drug-likeness (QED) is 0.478. The van der Waals surface area contributed by atoms with Gasteiger partial charge in [0.2, 0.25) is 5.95 Å². The van der Waals surface area contributed by atoms with E-state index in [4.69, 9.17) is 21.1 Å². The number of benzene rings is 1. The number of halogens is 1. The Labute approximate surface area is 222 Å². The monoisotopic (exact) mass is 534 g/mol. The van der Waals surface area contributed by atoms with Crippen molar-refractivity contribution in [2.45, 2.75) is 31.5 Å². The normalized spacial score (nSPS) is 20.9. The van der Waals surface area contributed by atoms with Gasteiger partial charge in [0.25, 0.3) is 0 Å². The molecule has 0 bridgehead atoms. The van der Waals surface area contributed by atoms with Crippen LogP contribution in [0.1, 0.15) is 24.6 Å². The van der Waals surface area contributed by atoms with Crippen molar-refractivity contribution in [1.82, 2.24) is 24.5 Å². The van der Waals surface area contributed by atoms with Crippen molar-refractivity contribution >= 4 is 46.5 Å². The number of carbonyl (C=O) groups excluding carboxylic acids is 1. The third kappa shape index (κ3) is 3.97. The number of aromatic nitrogens is 4. The molecule has 3 aliphatic rings. The average molecular weight is 535 g/mol. The number of hydrogen-bond donors (Lipinski definition) is 2. The molecule has 2 atom stereocenters. The summed E-state index contributed by atoms with van der Waals surface area (Å²) in [5.41, 5.74) is 2.13. The molecule has 3 fully saturated rings. The smallest absolute Gasteiger partial charge is 0.410 e. The fourth-order valence-corrected chi connectivity index (χ4v) is 5.37. The lowest BCUT2D eigenvalue weighted by Crippen LogP contribution is -2.57. The van der Waals surface area contributed by atoms with Crippen LogP contribution in [-0.2, 0) is 9.47 Å². The summed E-state index contributed by atoms with van der Waals surface area (Å²) >= 11 is 6.87. The molecule has 0 radical (unpaired) electrons. The zero-order valence-electron chi connectivity index (χ0n) is 20.4. The van der Waals surface area contributed by atoms with Crippen molar-refractivity contribution in [2.24, 2.45) is 0 Å². The van der Waals surface area contributed by atoms with Crippen LogP contribution in [0.4, 0.5) is 27.9 Å². The van der Waals surface area contributed by atoms with Gasteiger partial charge in [-0.1, -0.05) is 11.6 Å². The maximum absolute atomic E-state index is 12.5. The highest BCUT2D eigenvalue weighted by atomic mass is 35.5. The Morgan fingerprint density at radius 1 is 1.26 bits per heavy atom. The molecule has 0 saturated carbocycles. The minimum absolute atomic E-state index is 0.0164. The highest BCUT2D eigenvalue weighted by Crippen LogP contribution is 2.39. The predicted octanol–water partition coefficient (Wildman–Crippen LogP) is 2.49. The predicted molar refractivity (Wildman–Crippen MR) is 136 cm³/mol. The van der Waals surface area contributed by atoms with Gasteiger partial charge < -0.3 is 25.0 Å². The first kappa shape index (κ1) is 24.0. The number of piperidine rings is 1. The van der Waals surface area contributed by atoms with Gasteiger partial charge in [0.05, 0.1) is 66.1 Å². The number of carbonyl (C=O) groups is 1. The largest absolute Gasteiger partial charge is 0.442 e. The van der Waals surface area contributed by atoms with Crippen LogP contribution in [-0.4, -0.2) is 81.6 Å². The van der Waals surface area contributed by atoms with Gasteiger partial charge in [0.1, 0.15) is 12.2 Å². The molecule has 1 aromatic carbocycles. The lowest BCUT2D eigenvalue weighted by molar-refractivity contribution is -0.0567. The van der Waals surface area contributed by atoms with Crippen LogP contribution in [0.25, 0.3) is 5.65 Å². The van der Waals surface area contributed by atoms with E-state index in [1.807, 2.05) is 16.7 Å². The fraction of sp³-hybridized carbons (Fsp3) is 0.417. The Morgan fingerprint density at radius 2 is 2.11 bits per heavy atom. The van der Waals surface area contributed by atoms with Crippen molar-refractivity contribution in [3.63, 3.8) is 0 Å². The van der Waals surface area contributed by atoms with E-state index in [0.29, 0.717) is 72.7 Å². The van der Waals surface area contributed by atoms with Crippen LogP contribution < -0.4 is 15.5 Å². The van der Waals surface area contributed by atoms with E-state index in [0.717, 1.165) is 0 Å². The van der Waals surface area contributed by atoms with E-state index in [1.165, 1.54) is 10.7 Å². The molecular weight excluding hydrogens is 512 g/mol. The van der Waals surface area contributed by atoms with Crippen molar-refractivity contribution in [3.8, 4) is 12.1 Å². The molecule has 1 amide bonds. The number of hydrogen-bond acceptors (Lipinski definition) is 11. The highest BCUT2D eigenvalue weighted by molar-refractivity contribution is 6.36. The van der Waals surface area contributed by atoms with Crippen LogP contribution >= 0.6 is 11.6 Å². The molecule has 3 aromatic rings. The number of rotatable bonds is 6. The van der Waals surface area contributed by atoms with Gasteiger partial charge in [-0.2, -0.15) is 20.0 Å². The SMILES string of the molecule is CCNc1nc(Nc2cc(C#N)cc(N3CC[C@@H]4C(C3)OC(=O)N4C3COC3)c2Cl)nn2c(C#N)cnc12. The Hall–Kier alpha value is -4.33. The summed E-state index contributed by atoms with van der Waals surface area (Å²) in [6.07, 6.45) is 1.50. The van der Waals surface area contributed by atoms with E-state index >= 15 is 0 Å². The number of amides is 1. The lowest BCUT2D eigenvalue weighted by atomic mass is 9.98. The van der Waals surface area contributed by atoms with Crippen molar-refractivity contribution in [1.29, 1.82) is 10.5 Å². The second kappa shape index (κ2) is 9.52. The molecule has 194 valence electrons. The summed E-state index contributed by atoms with van der Waals surface area (Å²) < 4.78 is 12.4. The van der Waals surface area contributed by atoms with Gasteiger partial charge in [-0.3, -0.25) is 4.90 Å². The van der Waals surface area contributed by atoms with Gasteiger partial charge >= 0.3 is 6.09 Å². The van der Waals surface area contributed by atoms with Gasteiger partial charge in [-0.15, -0.1) is 5.10 Å². The number of nitriles is 2. The Bertz CT molecular complexity index is 1510. The molecular formula is C24H23ClN10O3. The van der Waals surface area contributed by atoms with Crippen LogP contribution in [0.2, 0.25) is 5.02 Å². The van der Waals surface area contributed by atoms with E-state index in [9.17, 15) is 15.3 Å². The van der Waals surface area contributed by atoms with E-state index in [1.54, 1.807) is 12.1 Å². The highest BCUT2D eigenvalue weighted by Gasteiger charge is 2.49. The first-order chi connectivity index (χ1) is 18.5. The standard InChI is InChI=1S/C24H23ClN10O3/c1-2-28-21-22-29-9-14(8-27)35(22)32-23(31-21)30-16-5-13(7-26)6-18(20(16)25)33-4-3-17-19(10-33)38-24(36)34(17)15-11-37-12-15/h5-6,9,15,17,19H,2-4,10-12H2,1H3,(H2,28,30,31,32)/t17-,19?/m1/s1. The van der Waals surface area contributed by atoms with Crippen molar-refractivity contribution in [2.75, 3.05) is 48.4 Å². The van der Waals surface area contributed by atoms with Crippen LogP contribution in [0.15, 0.2) is 18.3 Å². The fourth-order valence-electron chi connectivity index (χ4n) is 5.10. The molecule has 0 spiro atoms. The van der Waals surface area contributed by atoms with Crippen molar-refractivity contribution in [3.05, 3.63) is 34.6 Å². The maximum atomic E-state index is 12.5. The maximum Gasteiger partial charge on any atom is 0.410 e. The van der Waals surface area contributed by atoms with Gasteiger partial charge in [0.15, 0.2) is 17.2 Å². The number of ether oxygens (including phenoxy) is 2. The third-order valence-corrected chi connectivity index (χ3v) is 7.35. The van der Waals surface area contributed by atoms with Gasteiger partial charge in [-0.25, -0.2) is 9.78 Å². The first-order valence-corrected chi connectivity index (χ1v) is 12.6. The van der Waals surface area contributed by atoms with Crippen LogP contribution in [0.3, 0.4) is 0 Å². The molecule has 38 heavy (non-hydrogen) atoms. The topological polar surface area (TPSA) is 157 Å². The number of nitrogens with zero attached hydrogens (tertiary/aromatic N) is 8. The molecule has 3 saturated heterocycles. The summed E-state index contributed by atoms with van der Waals surface area (Å²) in [5, 5.41) is 30.2. The van der Waals surface area contributed by atoms with Crippen molar-refractivity contribution < 1.29 is 14.3 Å². The molecule has 2 aromatic heterocycles. The zero-order chi connectivity index (χ0) is 26.4. The molecule has 5 heterocycles. The summed E-state index contributed by atoms with van der Waals surface area (Å²) in [6, 6.07) is 7.63. The second-order valence-electron chi connectivity index (χ2n) is 9.22. The zero-order valence-corrected chi connectivity index (χ0v) is 21.1. The number of imidazole rings is 1. The van der Waals surface area contributed by atoms with Gasteiger partial charge in [-0.05, 0) is 25.5 Å². The molecule has 6 rings (SSSR count). The summed E-state index contributed by atoms with van der Waals surface area (Å²) in [6.45, 7) is 4.65. The molecule has 0 aliphatic carbocycles. The summed E-state index contributed by atoms with van der Waals surface area (Å²) in [7, 11) is 0. The Balaban J connectivity index is 1.31. The van der Waals surface area contributed by atoms with Crippen LogP contribution in [0.5, 0.6) is 0 Å².